The van der Waals surface area contributed by atoms with Gasteiger partial charge in [-0.15, -0.1) is 0 Å². The first kappa shape index (κ1) is 27.5. The summed E-state index contributed by atoms with van der Waals surface area (Å²) in [6, 6.07) is 7.42. The van der Waals surface area contributed by atoms with Crippen molar-refractivity contribution in [2.24, 2.45) is 11.8 Å². The Kier molecular flexibility index (Phi) is 8.19. The monoisotopic (exact) mass is 538 g/mol. The summed E-state index contributed by atoms with van der Waals surface area (Å²) in [5.41, 5.74) is -0.909. The molecule has 2 aromatic rings. The van der Waals surface area contributed by atoms with Gasteiger partial charge in [0.2, 0.25) is 5.91 Å². The summed E-state index contributed by atoms with van der Waals surface area (Å²) in [6.07, 6.45) is 6.76. The lowest BCUT2D eigenvalue weighted by atomic mass is 9.79. The van der Waals surface area contributed by atoms with Crippen LogP contribution in [-0.4, -0.2) is 76.2 Å². The van der Waals surface area contributed by atoms with Gasteiger partial charge in [-0.05, 0) is 31.2 Å². The quantitative estimate of drug-likeness (QED) is 0.566. The fourth-order valence-electron chi connectivity index (χ4n) is 6.07. The van der Waals surface area contributed by atoms with Crippen molar-refractivity contribution in [3.8, 4) is 11.1 Å². The van der Waals surface area contributed by atoms with Crippen molar-refractivity contribution in [3.63, 3.8) is 0 Å². The molecule has 39 heavy (non-hydrogen) atoms. The lowest BCUT2D eigenvalue weighted by Gasteiger charge is -2.40. The van der Waals surface area contributed by atoms with Crippen molar-refractivity contribution in [2.45, 2.75) is 57.6 Å². The minimum Gasteiger partial charge on any atom is -0.388 e. The number of halogens is 1. The van der Waals surface area contributed by atoms with Crippen LogP contribution in [0.3, 0.4) is 0 Å². The summed E-state index contributed by atoms with van der Waals surface area (Å²) >= 11 is 0. The molecule has 3 heterocycles. The molecule has 2 aliphatic heterocycles. The zero-order valence-electron chi connectivity index (χ0n) is 22.7. The number of likely N-dealkylation sites (tertiary alicyclic amines) is 1. The van der Waals surface area contributed by atoms with E-state index in [2.05, 4.69) is 5.32 Å². The first-order valence-electron chi connectivity index (χ1n) is 14.2. The molecule has 210 valence electrons. The number of aliphatic hydroxyl groups is 1. The van der Waals surface area contributed by atoms with E-state index in [1.807, 2.05) is 11.8 Å². The SMILES string of the molecule is C[C@H](CC1CCC1)C(=O)N1CCC(O)(Cn2cc(C(=O)N3CCNCC3)c(-c3ccccc3F)cc2=O)CC1. The van der Waals surface area contributed by atoms with E-state index >= 15 is 0 Å². The van der Waals surface area contributed by atoms with Crippen molar-refractivity contribution in [1.82, 2.24) is 19.7 Å². The molecule has 3 aliphatic rings. The van der Waals surface area contributed by atoms with E-state index in [4.69, 9.17) is 0 Å². The Balaban J connectivity index is 1.35. The van der Waals surface area contributed by atoms with Crippen LogP contribution in [0.1, 0.15) is 55.8 Å². The van der Waals surface area contributed by atoms with Crippen LogP contribution in [-0.2, 0) is 11.3 Å². The van der Waals surface area contributed by atoms with Gasteiger partial charge in [-0.2, -0.15) is 0 Å². The molecule has 0 bridgehead atoms. The van der Waals surface area contributed by atoms with Gasteiger partial charge in [-0.25, -0.2) is 4.39 Å². The highest BCUT2D eigenvalue weighted by atomic mass is 19.1. The zero-order chi connectivity index (χ0) is 27.6. The third-order valence-corrected chi connectivity index (χ3v) is 8.73. The molecule has 9 heteroatoms. The molecule has 2 saturated heterocycles. The second-order valence-electron chi connectivity index (χ2n) is 11.6. The third-order valence-electron chi connectivity index (χ3n) is 8.73. The molecule has 1 aromatic carbocycles. The van der Waals surface area contributed by atoms with Crippen LogP contribution >= 0.6 is 0 Å². The molecular weight excluding hydrogens is 499 g/mol. The predicted octanol–water partition coefficient (Wildman–Crippen LogP) is 2.88. The van der Waals surface area contributed by atoms with Crippen LogP contribution < -0.4 is 10.9 Å². The first-order valence-corrected chi connectivity index (χ1v) is 14.2. The maximum Gasteiger partial charge on any atom is 0.256 e. The number of nitrogens with one attached hydrogen (secondary N) is 1. The van der Waals surface area contributed by atoms with Crippen LogP contribution in [0.2, 0.25) is 0 Å². The minimum absolute atomic E-state index is 0.00484. The van der Waals surface area contributed by atoms with E-state index in [1.165, 1.54) is 42.2 Å². The van der Waals surface area contributed by atoms with E-state index < -0.39 is 17.0 Å². The molecule has 1 atom stereocenters. The minimum atomic E-state index is -1.19. The number of carbonyl (C=O) groups excluding carboxylic acids is 2. The average Bonchev–Trinajstić information content (AvgIpc) is 2.92. The highest BCUT2D eigenvalue weighted by Crippen LogP contribution is 2.34. The number of hydrogen-bond acceptors (Lipinski definition) is 5. The molecule has 1 saturated carbocycles. The number of benzene rings is 1. The Morgan fingerprint density at radius 2 is 1.77 bits per heavy atom. The highest BCUT2D eigenvalue weighted by Gasteiger charge is 2.36. The van der Waals surface area contributed by atoms with Crippen LogP contribution in [0.15, 0.2) is 41.3 Å². The number of pyridine rings is 1. The molecular formula is C30H39FN4O4. The molecule has 5 rings (SSSR count). The van der Waals surface area contributed by atoms with Gasteiger partial charge >= 0.3 is 0 Å². The van der Waals surface area contributed by atoms with Gasteiger partial charge in [0, 0.05) is 68.6 Å². The Bertz CT molecular complexity index is 1260. The Hall–Kier alpha value is -3.04. The van der Waals surface area contributed by atoms with Gasteiger partial charge in [0.05, 0.1) is 17.7 Å². The number of aromatic nitrogens is 1. The second kappa shape index (κ2) is 11.6. The Morgan fingerprint density at radius 1 is 1.08 bits per heavy atom. The first-order chi connectivity index (χ1) is 18.7. The molecule has 8 nitrogen and oxygen atoms in total. The molecule has 1 aliphatic carbocycles. The molecule has 3 fully saturated rings. The summed E-state index contributed by atoms with van der Waals surface area (Å²) in [7, 11) is 0. The number of amides is 2. The summed E-state index contributed by atoms with van der Waals surface area (Å²) in [5, 5.41) is 14.6. The topological polar surface area (TPSA) is 94.9 Å². The van der Waals surface area contributed by atoms with Gasteiger partial charge in [-0.1, -0.05) is 44.4 Å². The van der Waals surface area contributed by atoms with Crippen LogP contribution in [0.5, 0.6) is 0 Å². The predicted molar refractivity (Wildman–Crippen MR) is 147 cm³/mol. The van der Waals surface area contributed by atoms with E-state index in [1.54, 1.807) is 23.1 Å². The molecule has 2 N–H and O–H groups in total. The van der Waals surface area contributed by atoms with Crippen molar-refractivity contribution in [3.05, 3.63) is 58.3 Å². The number of carbonyl (C=O) groups is 2. The summed E-state index contributed by atoms with van der Waals surface area (Å²) in [5.74, 6) is -0.00146. The number of hydrogen-bond donors (Lipinski definition) is 2. The number of piperazine rings is 1. The van der Waals surface area contributed by atoms with Crippen LogP contribution in [0.4, 0.5) is 4.39 Å². The number of nitrogens with zero attached hydrogens (tertiary/aromatic N) is 3. The van der Waals surface area contributed by atoms with Gasteiger partial charge in [-0.3, -0.25) is 14.4 Å². The molecule has 0 unspecified atom stereocenters. The van der Waals surface area contributed by atoms with Crippen molar-refractivity contribution >= 4 is 11.8 Å². The molecule has 0 spiro atoms. The zero-order valence-corrected chi connectivity index (χ0v) is 22.7. The maximum absolute atomic E-state index is 14.8. The largest absolute Gasteiger partial charge is 0.388 e. The fraction of sp³-hybridized carbons (Fsp3) is 0.567. The van der Waals surface area contributed by atoms with E-state index in [9.17, 15) is 23.9 Å². The molecule has 2 amide bonds. The maximum atomic E-state index is 14.8. The van der Waals surface area contributed by atoms with Crippen molar-refractivity contribution < 1.29 is 19.1 Å². The smallest absolute Gasteiger partial charge is 0.256 e. The Labute approximate surface area is 228 Å². The van der Waals surface area contributed by atoms with Gasteiger partial charge in [0.1, 0.15) is 5.82 Å². The molecule has 1 aromatic heterocycles. The van der Waals surface area contributed by atoms with E-state index in [0.717, 1.165) is 6.42 Å². The highest BCUT2D eigenvalue weighted by molar-refractivity contribution is 6.00. The third kappa shape index (κ3) is 6.09. The average molecular weight is 539 g/mol. The van der Waals surface area contributed by atoms with E-state index in [0.29, 0.717) is 58.0 Å². The van der Waals surface area contributed by atoms with Crippen LogP contribution in [0.25, 0.3) is 11.1 Å². The lowest BCUT2D eigenvalue weighted by Crippen LogP contribution is -2.51. The lowest BCUT2D eigenvalue weighted by molar-refractivity contribution is -0.140. The van der Waals surface area contributed by atoms with E-state index in [-0.39, 0.29) is 41.0 Å². The van der Waals surface area contributed by atoms with Crippen LogP contribution in [0, 0.1) is 17.7 Å². The van der Waals surface area contributed by atoms with Crippen molar-refractivity contribution in [1.29, 1.82) is 0 Å². The normalized spacial score (nSPS) is 20.4. The number of rotatable bonds is 7. The second-order valence-corrected chi connectivity index (χ2v) is 11.6. The fourth-order valence-corrected chi connectivity index (χ4v) is 6.07. The summed E-state index contributed by atoms with van der Waals surface area (Å²) in [6.45, 7) is 5.21. The standard InChI is InChI=1S/C30H39FN4O4/c1-21(17-22-5-4-6-22)28(37)33-13-9-30(39,10-14-33)20-35-19-25(29(38)34-15-11-32-12-16-34)24(18-27(35)36)23-7-2-3-8-26(23)31/h2-3,7-8,18-19,21-22,32,39H,4-6,9-17,20H2,1H3/t21-/m1/s1. The van der Waals surface area contributed by atoms with Gasteiger partial charge < -0.3 is 24.8 Å². The van der Waals surface area contributed by atoms with Crippen molar-refractivity contribution in [2.75, 3.05) is 39.3 Å². The summed E-state index contributed by atoms with van der Waals surface area (Å²) < 4.78 is 16.1. The number of piperidine rings is 1. The Morgan fingerprint density at radius 3 is 2.41 bits per heavy atom. The summed E-state index contributed by atoms with van der Waals surface area (Å²) in [4.78, 5) is 43.3. The molecule has 0 radical (unpaired) electrons. The van der Waals surface area contributed by atoms with Gasteiger partial charge in [0.15, 0.2) is 0 Å². The van der Waals surface area contributed by atoms with Gasteiger partial charge in [0.25, 0.3) is 11.5 Å².